The van der Waals surface area contributed by atoms with E-state index in [1.165, 1.54) is 31.4 Å². The van der Waals surface area contributed by atoms with Crippen molar-refractivity contribution in [3.05, 3.63) is 59.4 Å². The van der Waals surface area contributed by atoms with Crippen molar-refractivity contribution in [1.29, 1.82) is 0 Å². The highest BCUT2D eigenvalue weighted by molar-refractivity contribution is 5.65. The molecule has 4 heteroatoms. The molecule has 1 nitrogen and oxygen atoms in total. The number of hydrogen-bond acceptors (Lipinski definition) is 1. The lowest BCUT2D eigenvalue weighted by molar-refractivity contribution is 0.316. The summed E-state index contributed by atoms with van der Waals surface area (Å²) in [6, 6.07) is 8.73. The van der Waals surface area contributed by atoms with Crippen molar-refractivity contribution in [2.75, 3.05) is 7.05 Å². The minimum absolute atomic E-state index is 0.241. The Bertz CT molecular complexity index is 808. The molecule has 0 aromatic heterocycles. The summed E-state index contributed by atoms with van der Waals surface area (Å²) >= 11 is 0. The van der Waals surface area contributed by atoms with Crippen molar-refractivity contribution in [2.24, 2.45) is 17.3 Å². The molecule has 2 aromatic rings. The maximum atomic E-state index is 15.2. The number of benzene rings is 2. The molecule has 2 aliphatic carbocycles. The Morgan fingerprint density at radius 2 is 1.77 bits per heavy atom. The first-order valence-electron chi connectivity index (χ1n) is 9.35. The van der Waals surface area contributed by atoms with Crippen LogP contribution in [0.25, 0.3) is 11.1 Å². The Morgan fingerprint density at radius 1 is 1.08 bits per heavy atom. The SMILES string of the molecule is CNC1C(Cc2cccc(-c3cc(F)cc(F)c3)c2F)C(C)CC12CC2. The van der Waals surface area contributed by atoms with Crippen LogP contribution in [0.5, 0.6) is 0 Å². The summed E-state index contributed by atoms with van der Waals surface area (Å²) in [4.78, 5) is 0. The van der Waals surface area contributed by atoms with Crippen LogP contribution in [0.3, 0.4) is 0 Å². The van der Waals surface area contributed by atoms with Gasteiger partial charge >= 0.3 is 0 Å². The fourth-order valence-electron chi connectivity index (χ4n) is 5.14. The van der Waals surface area contributed by atoms with E-state index in [0.717, 1.165) is 6.07 Å². The topological polar surface area (TPSA) is 12.0 Å². The Labute approximate surface area is 152 Å². The number of nitrogens with one attached hydrogen (secondary N) is 1. The van der Waals surface area contributed by atoms with Crippen LogP contribution in [0.2, 0.25) is 0 Å². The van der Waals surface area contributed by atoms with Crippen LogP contribution in [-0.2, 0) is 6.42 Å². The van der Waals surface area contributed by atoms with Gasteiger partial charge in [-0.3, -0.25) is 0 Å². The summed E-state index contributed by atoms with van der Waals surface area (Å²) in [6.45, 7) is 2.26. The average molecular weight is 359 g/mol. The highest BCUT2D eigenvalue weighted by Crippen LogP contribution is 2.61. The van der Waals surface area contributed by atoms with Gasteiger partial charge in [-0.25, -0.2) is 13.2 Å². The van der Waals surface area contributed by atoms with Crippen molar-refractivity contribution >= 4 is 0 Å². The molecule has 0 radical (unpaired) electrons. The van der Waals surface area contributed by atoms with E-state index in [2.05, 4.69) is 12.2 Å². The van der Waals surface area contributed by atoms with E-state index >= 15 is 4.39 Å². The summed E-state index contributed by atoms with van der Waals surface area (Å²) < 4.78 is 42.3. The Balaban J connectivity index is 1.66. The average Bonchev–Trinajstić information content (AvgIpc) is 3.29. The summed E-state index contributed by atoms with van der Waals surface area (Å²) in [5.41, 5.74) is 1.53. The zero-order valence-electron chi connectivity index (χ0n) is 15.2. The third kappa shape index (κ3) is 2.94. The molecule has 1 N–H and O–H groups in total. The molecule has 26 heavy (non-hydrogen) atoms. The normalized spacial score (nSPS) is 26.4. The number of rotatable bonds is 4. The van der Waals surface area contributed by atoms with Gasteiger partial charge in [-0.05, 0) is 73.2 Å². The first kappa shape index (κ1) is 17.6. The Kier molecular flexibility index (Phi) is 4.34. The van der Waals surface area contributed by atoms with Crippen LogP contribution >= 0.6 is 0 Å². The highest BCUT2D eigenvalue weighted by atomic mass is 19.1. The quantitative estimate of drug-likeness (QED) is 0.777. The molecule has 0 amide bonds. The molecule has 4 rings (SSSR count). The number of hydrogen-bond donors (Lipinski definition) is 1. The molecule has 0 heterocycles. The van der Waals surface area contributed by atoms with E-state index in [9.17, 15) is 8.78 Å². The second-order valence-electron chi connectivity index (χ2n) is 8.11. The summed E-state index contributed by atoms with van der Waals surface area (Å²) in [5, 5.41) is 3.48. The number of halogens is 3. The third-order valence-electron chi connectivity index (χ3n) is 6.46. The van der Waals surface area contributed by atoms with E-state index < -0.39 is 11.6 Å². The monoisotopic (exact) mass is 359 g/mol. The lowest BCUT2D eigenvalue weighted by Gasteiger charge is -2.26. The second kappa shape index (κ2) is 6.41. The predicted molar refractivity (Wildman–Crippen MR) is 97.2 cm³/mol. The van der Waals surface area contributed by atoms with Gasteiger partial charge in [0, 0.05) is 17.7 Å². The molecule has 1 spiro atoms. The maximum absolute atomic E-state index is 15.2. The van der Waals surface area contributed by atoms with Gasteiger partial charge in [-0.1, -0.05) is 25.1 Å². The minimum Gasteiger partial charge on any atom is -0.316 e. The van der Waals surface area contributed by atoms with Crippen LogP contribution < -0.4 is 5.32 Å². The smallest absolute Gasteiger partial charge is 0.134 e. The van der Waals surface area contributed by atoms with Crippen molar-refractivity contribution in [2.45, 2.75) is 38.6 Å². The summed E-state index contributed by atoms with van der Waals surface area (Å²) in [6.07, 6.45) is 4.35. The molecule has 2 fully saturated rings. The lowest BCUT2D eigenvalue weighted by atomic mass is 9.86. The molecule has 3 unspecified atom stereocenters. The molecule has 2 aromatic carbocycles. The van der Waals surface area contributed by atoms with Gasteiger partial charge in [0.05, 0.1) is 0 Å². The molecule has 2 saturated carbocycles. The summed E-state index contributed by atoms with van der Waals surface area (Å²) in [7, 11) is 2.00. The van der Waals surface area contributed by atoms with Crippen molar-refractivity contribution in [3.8, 4) is 11.1 Å². The summed E-state index contributed by atoms with van der Waals surface area (Å²) in [5.74, 6) is -0.849. The minimum atomic E-state index is -0.694. The van der Waals surface area contributed by atoms with E-state index in [1.807, 2.05) is 7.05 Å². The third-order valence-corrected chi connectivity index (χ3v) is 6.46. The zero-order chi connectivity index (χ0) is 18.5. The standard InChI is InChI=1S/C22H24F3N/c1-13-12-22(6-7-22)21(26-2)19(13)10-14-4-3-5-18(20(14)25)15-8-16(23)11-17(24)9-15/h3-5,8-9,11,13,19,21,26H,6-7,10,12H2,1-2H3. The van der Waals surface area contributed by atoms with E-state index in [4.69, 9.17) is 0 Å². The van der Waals surface area contributed by atoms with E-state index in [0.29, 0.717) is 35.3 Å². The van der Waals surface area contributed by atoms with Crippen molar-refractivity contribution < 1.29 is 13.2 Å². The molecule has 0 aliphatic heterocycles. The molecule has 2 aliphatic rings. The second-order valence-corrected chi connectivity index (χ2v) is 8.11. The zero-order valence-corrected chi connectivity index (χ0v) is 15.2. The first-order chi connectivity index (χ1) is 12.4. The largest absolute Gasteiger partial charge is 0.316 e. The van der Waals surface area contributed by atoms with Gasteiger partial charge in [0.2, 0.25) is 0 Å². The molecule has 0 saturated heterocycles. The van der Waals surface area contributed by atoms with Crippen LogP contribution in [-0.4, -0.2) is 13.1 Å². The van der Waals surface area contributed by atoms with Crippen LogP contribution in [0.15, 0.2) is 36.4 Å². The molecular weight excluding hydrogens is 335 g/mol. The van der Waals surface area contributed by atoms with E-state index in [-0.39, 0.29) is 16.9 Å². The van der Waals surface area contributed by atoms with Crippen LogP contribution in [0.1, 0.15) is 31.7 Å². The van der Waals surface area contributed by atoms with E-state index in [1.54, 1.807) is 18.2 Å². The van der Waals surface area contributed by atoms with Gasteiger partial charge in [0.25, 0.3) is 0 Å². The van der Waals surface area contributed by atoms with Gasteiger partial charge in [-0.15, -0.1) is 0 Å². The first-order valence-corrected chi connectivity index (χ1v) is 9.35. The molecule has 3 atom stereocenters. The fraction of sp³-hybridized carbons (Fsp3) is 0.455. The van der Waals surface area contributed by atoms with Crippen molar-refractivity contribution in [1.82, 2.24) is 5.32 Å². The van der Waals surface area contributed by atoms with Gasteiger partial charge in [-0.2, -0.15) is 0 Å². The van der Waals surface area contributed by atoms with Crippen LogP contribution in [0, 0.1) is 34.7 Å². The molecule has 0 bridgehead atoms. The Morgan fingerprint density at radius 3 is 2.38 bits per heavy atom. The Hall–Kier alpha value is -1.81. The molecular formula is C22H24F3N. The lowest BCUT2D eigenvalue weighted by Crippen LogP contribution is -2.37. The molecule has 138 valence electrons. The predicted octanol–water partition coefficient (Wildman–Crippen LogP) is 5.34. The maximum Gasteiger partial charge on any atom is 0.134 e. The van der Waals surface area contributed by atoms with Gasteiger partial charge in [0.15, 0.2) is 0 Å². The fourth-order valence-corrected chi connectivity index (χ4v) is 5.14. The van der Waals surface area contributed by atoms with Crippen LogP contribution in [0.4, 0.5) is 13.2 Å². The van der Waals surface area contributed by atoms with Gasteiger partial charge < -0.3 is 5.32 Å². The van der Waals surface area contributed by atoms with Gasteiger partial charge in [0.1, 0.15) is 17.5 Å². The van der Waals surface area contributed by atoms with Crippen molar-refractivity contribution in [3.63, 3.8) is 0 Å². The highest BCUT2D eigenvalue weighted by Gasteiger charge is 2.57.